The van der Waals surface area contributed by atoms with E-state index in [2.05, 4.69) is 19.2 Å². The van der Waals surface area contributed by atoms with Crippen molar-refractivity contribution < 1.29 is 4.39 Å². The number of hydrogen-bond donors (Lipinski definition) is 1. The fraction of sp³-hybridized carbons (Fsp3) is 0.600. The molecule has 0 saturated carbocycles. The van der Waals surface area contributed by atoms with E-state index in [-0.39, 0.29) is 10.8 Å². The van der Waals surface area contributed by atoms with E-state index < -0.39 is 0 Å². The van der Waals surface area contributed by atoms with E-state index in [1.807, 2.05) is 6.07 Å². The van der Waals surface area contributed by atoms with E-state index in [4.69, 9.17) is 11.6 Å². The third kappa shape index (κ3) is 5.36. The van der Waals surface area contributed by atoms with Gasteiger partial charge in [-0.05, 0) is 56.3 Å². The monoisotopic (exact) mass is 271 g/mol. The lowest BCUT2D eigenvalue weighted by molar-refractivity contribution is 0.455. The quantitative estimate of drug-likeness (QED) is 0.730. The first-order valence-corrected chi connectivity index (χ1v) is 7.22. The van der Waals surface area contributed by atoms with Crippen LogP contribution in [0.4, 0.5) is 4.39 Å². The SMILES string of the molecule is CCCNC(CC)CCCc1ccc(Cl)c(F)c1. The van der Waals surface area contributed by atoms with E-state index in [1.54, 1.807) is 12.1 Å². The van der Waals surface area contributed by atoms with Gasteiger partial charge in [0.1, 0.15) is 5.82 Å². The molecular formula is C15H23ClFN. The minimum absolute atomic E-state index is 0.204. The standard InChI is InChI=1S/C15H23ClFN/c1-3-10-18-13(4-2)7-5-6-12-8-9-14(16)15(17)11-12/h8-9,11,13,18H,3-7,10H2,1-2H3. The lowest BCUT2D eigenvalue weighted by Crippen LogP contribution is -2.29. The molecular weight excluding hydrogens is 249 g/mol. The largest absolute Gasteiger partial charge is 0.314 e. The molecule has 0 aromatic heterocycles. The number of benzene rings is 1. The first-order valence-electron chi connectivity index (χ1n) is 6.84. The average Bonchev–Trinajstić information content (AvgIpc) is 2.37. The Morgan fingerprint density at radius 1 is 1.33 bits per heavy atom. The molecule has 18 heavy (non-hydrogen) atoms. The second-order valence-electron chi connectivity index (χ2n) is 4.70. The van der Waals surface area contributed by atoms with E-state index >= 15 is 0 Å². The molecule has 1 N–H and O–H groups in total. The van der Waals surface area contributed by atoms with Crippen LogP contribution >= 0.6 is 11.6 Å². The minimum atomic E-state index is -0.315. The van der Waals surface area contributed by atoms with Crippen LogP contribution in [0.5, 0.6) is 0 Å². The zero-order chi connectivity index (χ0) is 13.4. The van der Waals surface area contributed by atoms with Crippen molar-refractivity contribution in [2.75, 3.05) is 6.54 Å². The molecule has 0 fully saturated rings. The van der Waals surface area contributed by atoms with Gasteiger partial charge in [-0.1, -0.05) is 31.5 Å². The molecule has 1 rings (SSSR count). The molecule has 0 aliphatic heterocycles. The summed E-state index contributed by atoms with van der Waals surface area (Å²) in [6, 6.07) is 5.68. The van der Waals surface area contributed by atoms with Crippen molar-refractivity contribution in [1.29, 1.82) is 0 Å². The Hall–Kier alpha value is -0.600. The van der Waals surface area contributed by atoms with E-state index in [9.17, 15) is 4.39 Å². The van der Waals surface area contributed by atoms with Gasteiger partial charge >= 0.3 is 0 Å². The highest BCUT2D eigenvalue weighted by Crippen LogP contribution is 2.17. The molecule has 1 unspecified atom stereocenters. The van der Waals surface area contributed by atoms with Crippen molar-refractivity contribution >= 4 is 11.6 Å². The molecule has 1 aromatic carbocycles. The molecule has 1 nitrogen and oxygen atoms in total. The van der Waals surface area contributed by atoms with Gasteiger partial charge in [-0.3, -0.25) is 0 Å². The van der Waals surface area contributed by atoms with Gasteiger partial charge in [-0.15, -0.1) is 0 Å². The maximum absolute atomic E-state index is 13.3. The van der Waals surface area contributed by atoms with Gasteiger partial charge < -0.3 is 5.32 Å². The minimum Gasteiger partial charge on any atom is -0.314 e. The van der Waals surface area contributed by atoms with Crippen molar-refractivity contribution in [3.8, 4) is 0 Å². The lowest BCUT2D eigenvalue weighted by Gasteiger charge is -2.16. The Morgan fingerprint density at radius 3 is 2.72 bits per heavy atom. The molecule has 102 valence electrons. The second-order valence-corrected chi connectivity index (χ2v) is 5.11. The van der Waals surface area contributed by atoms with Gasteiger partial charge in [0.15, 0.2) is 0 Å². The van der Waals surface area contributed by atoms with E-state index in [0.29, 0.717) is 6.04 Å². The van der Waals surface area contributed by atoms with Crippen LogP contribution in [0.15, 0.2) is 18.2 Å². The van der Waals surface area contributed by atoms with Gasteiger partial charge in [-0.2, -0.15) is 0 Å². The molecule has 1 atom stereocenters. The number of nitrogens with one attached hydrogen (secondary N) is 1. The van der Waals surface area contributed by atoms with Crippen LogP contribution in [-0.2, 0) is 6.42 Å². The molecule has 0 saturated heterocycles. The first kappa shape index (κ1) is 15.5. The predicted octanol–water partition coefficient (Wildman–Crippen LogP) is 4.58. The summed E-state index contributed by atoms with van der Waals surface area (Å²) in [5.74, 6) is -0.315. The van der Waals surface area contributed by atoms with Gasteiger partial charge in [0.05, 0.1) is 5.02 Å². The van der Waals surface area contributed by atoms with Crippen molar-refractivity contribution in [1.82, 2.24) is 5.32 Å². The topological polar surface area (TPSA) is 12.0 Å². The Bertz CT molecular complexity index is 354. The van der Waals surface area contributed by atoms with E-state index in [0.717, 1.165) is 37.8 Å². The van der Waals surface area contributed by atoms with Crippen LogP contribution in [0.25, 0.3) is 0 Å². The molecule has 0 aliphatic rings. The third-order valence-corrected chi connectivity index (χ3v) is 3.48. The summed E-state index contributed by atoms with van der Waals surface area (Å²) in [7, 11) is 0. The maximum atomic E-state index is 13.3. The number of rotatable bonds is 8. The Morgan fingerprint density at radius 2 is 2.11 bits per heavy atom. The third-order valence-electron chi connectivity index (χ3n) is 3.18. The first-order chi connectivity index (χ1) is 8.67. The summed E-state index contributed by atoms with van der Waals surface area (Å²) < 4.78 is 13.3. The molecule has 0 heterocycles. The summed E-state index contributed by atoms with van der Waals surface area (Å²) in [4.78, 5) is 0. The number of aryl methyl sites for hydroxylation is 1. The number of hydrogen-bond acceptors (Lipinski definition) is 1. The fourth-order valence-corrected chi connectivity index (χ4v) is 2.16. The summed E-state index contributed by atoms with van der Waals surface area (Å²) in [5.41, 5.74) is 1.03. The molecule has 0 radical (unpaired) electrons. The van der Waals surface area contributed by atoms with Crippen molar-refractivity contribution in [3.05, 3.63) is 34.6 Å². The molecule has 0 spiro atoms. The van der Waals surface area contributed by atoms with E-state index in [1.165, 1.54) is 6.42 Å². The zero-order valence-electron chi connectivity index (χ0n) is 11.3. The predicted molar refractivity (Wildman–Crippen MR) is 76.7 cm³/mol. The smallest absolute Gasteiger partial charge is 0.142 e. The summed E-state index contributed by atoms with van der Waals surface area (Å²) in [6.07, 6.45) is 5.45. The highest BCUT2D eigenvalue weighted by molar-refractivity contribution is 6.30. The van der Waals surface area contributed by atoms with Gasteiger partial charge in [-0.25, -0.2) is 4.39 Å². The van der Waals surface area contributed by atoms with Gasteiger partial charge in [0, 0.05) is 6.04 Å². The molecule has 0 aliphatic carbocycles. The molecule has 0 amide bonds. The van der Waals surface area contributed by atoms with Gasteiger partial charge in [0.25, 0.3) is 0 Å². The van der Waals surface area contributed by atoms with Crippen LogP contribution in [-0.4, -0.2) is 12.6 Å². The number of halogens is 2. The van der Waals surface area contributed by atoms with Crippen molar-refractivity contribution in [2.24, 2.45) is 0 Å². The average molecular weight is 272 g/mol. The Labute approximate surface area is 115 Å². The maximum Gasteiger partial charge on any atom is 0.142 e. The van der Waals surface area contributed by atoms with Gasteiger partial charge in [0.2, 0.25) is 0 Å². The van der Waals surface area contributed by atoms with Crippen LogP contribution in [0, 0.1) is 5.82 Å². The Balaban J connectivity index is 2.33. The summed E-state index contributed by atoms with van der Waals surface area (Å²) in [5, 5.41) is 3.73. The highest BCUT2D eigenvalue weighted by Gasteiger charge is 2.05. The van der Waals surface area contributed by atoms with Crippen LogP contribution in [0.2, 0.25) is 5.02 Å². The van der Waals surface area contributed by atoms with Crippen molar-refractivity contribution in [3.63, 3.8) is 0 Å². The van der Waals surface area contributed by atoms with Crippen LogP contribution in [0.3, 0.4) is 0 Å². The van der Waals surface area contributed by atoms with Crippen LogP contribution < -0.4 is 5.32 Å². The summed E-state index contributed by atoms with van der Waals surface area (Å²) in [6.45, 7) is 5.46. The Kier molecular flexibility index (Phi) is 7.29. The zero-order valence-corrected chi connectivity index (χ0v) is 12.1. The highest BCUT2D eigenvalue weighted by atomic mass is 35.5. The summed E-state index contributed by atoms with van der Waals surface area (Å²) >= 11 is 5.66. The fourth-order valence-electron chi connectivity index (χ4n) is 2.05. The molecule has 1 aromatic rings. The molecule has 3 heteroatoms. The molecule has 0 bridgehead atoms. The normalized spacial score (nSPS) is 12.7. The second kappa shape index (κ2) is 8.49. The van der Waals surface area contributed by atoms with Crippen LogP contribution in [0.1, 0.15) is 45.1 Å². The lowest BCUT2D eigenvalue weighted by atomic mass is 10.0. The van der Waals surface area contributed by atoms with Crippen molar-refractivity contribution in [2.45, 2.75) is 52.0 Å².